The second-order valence-corrected chi connectivity index (χ2v) is 5.78. The van der Waals surface area contributed by atoms with E-state index in [9.17, 15) is 4.79 Å². The molecule has 23 heavy (non-hydrogen) atoms. The molecule has 1 aromatic rings. The SMILES string of the molecule is COc1cc(C(C)N2CCC(C(=O)O)CC2)cc(OC)c1OC. The van der Waals surface area contributed by atoms with E-state index >= 15 is 0 Å². The Morgan fingerprint density at radius 1 is 1.13 bits per heavy atom. The maximum Gasteiger partial charge on any atom is 0.306 e. The highest BCUT2D eigenvalue weighted by Crippen LogP contribution is 2.41. The number of piperidine rings is 1. The van der Waals surface area contributed by atoms with E-state index in [1.807, 2.05) is 12.1 Å². The van der Waals surface area contributed by atoms with E-state index in [1.165, 1.54) is 0 Å². The summed E-state index contributed by atoms with van der Waals surface area (Å²) in [5.41, 5.74) is 1.06. The van der Waals surface area contributed by atoms with Crippen LogP contribution in [-0.2, 0) is 4.79 Å². The number of likely N-dealkylation sites (tertiary alicyclic amines) is 1. The van der Waals surface area contributed by atoms with E-state index in [1.54, 1.807) is 21.3 Å². The van der Waals surface area contributed by atoms with Crippen LogP contribution in [-0.4, -0.2) is 50.4 Å². The van der Waals surface area contributed by atoms with Crippen molar-refractivity contribution in [3.63, 3.8) is 0 Å². The average Bonchev–Trinajstić information content (AvgIpc) is 2.59. The molecule has 1 aliphatic rings. The first-order chi connectivity index (χ1) is 11.0. The molecule has 6 heteroatoms. The molecule has 0 aliphatic carbocycles. The average molecular weight is 323 g/mol. The lowest BCUT2D eigenvalue weighted by Gasteiger charge is -2.35. The number of carbonyl (C=O) groups is 1. The summed E-state index contributed by atoms with van der Waals surface area (Å²) in [5, 5.41) is 9.11. The minimum Gasteiger partial charge on any atom is -0.493 e. The predicted octanol–water partition coefficient (Wildman–Crippen LogP) is 2.57. The quantitative estimate of drug-likeness (QED) is 0.868. The molecular formula is C17H25NO5. The van der Waals surface area contributed by atoms with Gasteiger partial charge in [0.15, 0.2) is 11.5 Å². The Hall–Kier alpha value is -1.95. The van der Waals surface area contributed by atoms with Gasteiger partial charge in [-0.3, -0.25) is 9.69 Å². The van der Waals surface area contributed by atoms with Crippen LogP contribution in [0.2, 0.25) is 0 Å². The molecule has 0 aromatic heterocycles. The van der Waals surface area contributed by atoms with Crippen molar-refractivity contribution < 1.29 is 24.1 Å². The van der Waals surface area contributed by atoms with Gasteiger partial charge in [-0.25, -0.2) is 0 Å². The van der Waals surface area contributed by atoms with Gasteiger partial charge in [-0.15, -0.1) is 0 Å². The van der Waals surface area contributed by atoms with Crippen LogP contribution in [0.4, 0.5) is 0 Å². The van der Waals surface area contributed by atoms with Gasteiger partial charge in [0.1, 0.15) is 0 Å². The summed E-state index contributed by atoms with van der Waals surface area (Å²) < 4.78 is 16.2. The minimum absolute atomic E-state index is 0.151. The molecule has 0 amide bonds. The Morgan fingerprint density at radius 2 is 1.65 bits per heavy atom. The molecule has 0 radical (unpaired) electrons. The number of nitrogens with zero attached hydrogens (tertiary/aromatic N) is 1. The molecule has 1 aromatic carbocycles. The van der Waals surface area contributed by atoms with Crippen molar-refractivity contribution in [2.24, 2.45) is 5.92 Å². The number of rotatable bonds is 6. The molecule has 0 bridgehead atoms. The fourth-order valence-corrected chi connectivity index (χ4v) is 3.09. The zero-order chi connectivity index (χ0) is 17.0. The van der Waals surface area contributed by atoms with Crippen LogP contribution < -0.4 is 14.2 Å². The van der Waals surface area contributed by atoms with Crippen molar-refractivity contribution in [2.45, 2.75) is 25.8 Å². The van der Waals surface area contributed by atoms with Crippen LogP contribution in [0.1, 0.15) is 31.4 Å². The molecule has 1 heterocycles. The maximum absolute atomic E-state index is 11.1. The second-order valence-electron chi connectivity index (χ2n) is 5.78. The van der Waals surface area contributed by atoms with Crippen molar-refractivity contribution in [3.8, 4) is 17.2 Å². The Labute approximate surface area is 136 Å². The molecule has 1 aliphatic heterocycles. The van der Waals surface area contributed by atoms with Crippen molar-refractivity contribution in [1.82, 2.24) is 4.90 Å². The topological polar surface area (TPSA) is 68.2 Å². The summed E-state index contributed by atoms with van der Waals surface area (Å²) in [5.74, 6) is 0.933. The number of aliphatic carboxylic acids is 1. The zero-order valence-electron chi connectivity index (χ0n) is 14.2. The Bertz CT molecular complexity index is 527. The standard InChI is InChI=1S/C17H25NO5/c1-11(18-7-5-12(6-8-18)17(19)20)13-9-14(21-2)16(23-4)15(10-13)22-3/h9-12H,5-8H2,1-4H3,(H,19,20). The van der Waals surface area contributed by atoms with Crippen LogP contribution >= 0.6 is 0 Å². The number of carboxylic acids is 1. The number of methoxy groups -OCH3 is 3. The number of benzene rings is 1. The molecule has 1 atom stereocenters. The second kappa shape index (κ2) is 7.55. The van der Waals surface area contributed by atoms with Gasteiger partial charge in [-0.1, -0.05) is 0 Å². The Balaban J connectivity index is 2.19. The third-order valence-electron chi connectivity index (χ3n) is 4.60. The molecule has 1 fully saturated rings. The largest absolute Gasteiger partial charge is 0.493 e. The number of hydrogen-bond donors (Lipinski definition) is 1. The van der Waals surface area contributed by atoms with Gasteiger partial charge in [0.25, 0.3) is 0 Å². The van der Waals surface area contributed by atoms with E-state index < -0.39 is 5.97 Å². The first kappa shape index (κ1) is 17.4. The van der Waals surface area contributed by atoms with Gasteiger partial charge in [-0.05, 0) is 50.6 Å². The molecule has 1 N–H and O–H groups in total. The highest BCUT2D eigenvalue weighted by Gasteiger charge is 2.28. The van der Waals surface area contributed by atoms with Crippen molar-refractivity contribution in [2.75, 3.05) is 34.4 Å². The lowest BCUT2D eigenvalue weighted by atomic mass is 9.94. The highest BCUT2D eigenvalue weighted by molar-refractivity contribution is 5.70. The van der Waals surface area contributed by atoms with Crippen LogP contribution in [0.15, 0.2) is 12.1 Å². The minimum atomic E-state index is -0.690. The van der Waals surface area contributed by atoms with Crippen LogP contribution in [0.3, 0.4) is 0 Å². The molecule has 1 saturated heterocycles. The third kappa shape index (κ3) is 3.69. The molecule has 2 rings (SSSR count). The van der Waals surface area contributed by atoms with Crippen LogP contribution in [0, 0.1) is 5.92 Å². The third-order valence-corrected chi connectivity index (χ3v) is 4.60. The lowest BCUT2D eigenvalue weighted by Crippen LogP contribution is -2.37. The molecular weight excluding hydrogens is 298 g/mol. The van der Waals surface area contributed by atoms with Crippen molar-refractivity contribution >= 4 is 5.97 Å². The van der Waals surface area contributed by atoms with Crippen molar-refractivity contribution in [3.05, 3.63) is 17.7 Å². The smallest absolute Gasteiger partial charge is 0.306 e. The molecule has 0 spiro atoms. The van der Waals surface area contributed by atoms with E-state index in [-0.39, 0.29) is 12.0 Å². The highest BCUT2D eigenvalue weighted by atomic mass is 16.5. The number of ether oxygens (including phenoxy) is 3. The fraction of sp³-hybridized carbons (Fsp3) is 0.588. The van der Waals surface area contributed by atoms with E-state index in [0.717, 1.165) is 18.7 Å². The first-order valence-corrected chi connectivity index (χ1v) is 7.78. The van der Waals surface area contributed by atoms with Gasteiger partial charge in [0.2, 0.25) is 5.75 Å². The zero-order valence-corrected chi connectivity index (χ0v) is 14.2. The summed E-state index contributed by atoms with van der Waals surface area (Å²) in [6.45, 7) is 3.66. The van der Waals surface area contributed by atoms with Gasteiger partial charge in [-0.2, -0.15) is 0 Å². The molecule has 0 saturated carbocycles. The summed E-state index contributed by atoms with van der Waals surface area (Å²) in [4.78, 5) is 13.4. The maximum atomic E-state index is 11.1. The van der Waals surface area contributed by atoms with E-state index in [0.29, 0.717) is 30.1 Å². The fourth-order valence-electron chi connectivity index (χ4n) is 3.09. The van der Waals surface area contributed by atoms with Gasteiger partial charge in [0.05, 0.1) is 27.2 Å². The lowest BCUT2D eigenvalue weighted by molar-refractivity contribution is -0.143. The normalized spacial score (nSPS) is 17.6. The van der Waals surface area contributed by atoms with Gasteiger partial charge < -0.3 is 19.3 Å². The summed E-state index contributed by atoms with van der Waals surface area (Å²) >= 11 is 0. The van der Waals surface area contributed by atoms with Crippen LogP contribution in [0.25, 0.3) is 0 Å². The summed E-state index contributed by atoms with van der Waals surface area (Å²) in [7, 11) is 4.79. The first-order valence-electron chi connectivity index (χ1n) is 7.78. The van der Waals surface area contributed by atoms with Crippen molar-refractivity contribution in [1.29, 1.82) is 0 Å². The predicted molar refractivity (Wildman–Crippen MR) is 86.4 cm³/mol. The Kier molecular flexibility index (Phi) is 5.71. The van der Waals surface area contributed by atoms with Gasteiger partial charge in [0, 0.05) is 6.04 Å². The van der Waals surface area contributed by atoms with E-state index in [2.05, 4.69) is 11.8 Å². The molecule has 6 nitrogen and oxygen atoms in total. The Morgan fingerprint density at radius 3 is 2.04 bits per heavy atom. The summed E-state index contributed by atoms with van der Waals surface area (Å²) in [6, 6.07) is 4.06. The molecule has 128 valence electrons. The number of carboxylic acid groups (broad SMARTS) is 1. The van der Waals surface area contributed by atoms with Crippen LogP contribution in [0.5, 0.6) is 17.2 Å². The van der Waals surface area contributed by atoms with Gasteiger partial charge >= 0.3 is 5.97 Å². The monoisotopic (exact) mass is 323 g/mol. The number of hydrogen-bond acceptors (Lipinski definition) is 5. The van der Waals surface area contributed by atoms with E-state index in [4.69, 9.17) is 19.3 Å². The molecule has 1 unspecified atom stereocenters. The summed E-state index contributed by atoms with van der Waals surface area (Å²) in [6.07, 6.45) is 1.37.